The van der Waals surface area contributed by atoms with E-state index in [0.717, 1.165) is 10.0 Å². The minimum absolute atomic E-state index is 0.505. The Labute approximate surface area is 96.0 Å². The molecule has 1 aromatic carbocycles. The van der Waals surface area contributed by atoms with Crippen molar-refractivity contribution < 1.29 is 4.52 Å². The fourth-order valence-electron chi connectivity index (χ4n) is 1.14. The van der Waals surface area contributed by atoms with Crippen molar-refractivity contribution in [2.45, 2.75) is 0 Å². The van der Waals surface area contributed by atoms with E-state index < -0.39 is 0 Å². The van der Waals surface area contributed by atoms with Crippen molar-refractivity contribution in [1.29, 1.82) is 0 Å². The van der Waals surface area contributed by atoms with Gasteiger partial charge in [-0.2, -0.15) is 4.98 Å². The molecular formula is C10H10BrN3O. The third-order valence-corrected chi connectivity index (χ3v) is 2.37. The van der Waals surface area contributed by atoms with Gasteiger partial charge < -0.3 is 9.42 Å². The molecule has 0 N–H and O–H groups in total. The third kappa shape index (κ3) is 2.18. The summed E-state index contributed by atoms with van der Waals surface area (Å²) in [6, 6.07) is 8.28. The minimum atomic E-state index is 0.505. The van der Waals surface area contributed by atoms with E-state index in [4.69, 9.17) is 4.52 Å². The lowest BCUT2D eigenvalue weighted by molar-refractivity contribution is 0.423. The van der Waals surface area contributed by atoms with Crippen LogP contribution in [0.25, 0.3) is 11.4 Å². The van der Waals surface area contributed by atoms with Gasteiger partial charge in [-0.25, -0.2) is 0 Å². The molecule has 5 heteroatoms. The average molecular weight is 268 g/mol. The van der Waals surface area contributed by atoms with Crippen LogP contribution in [0.5, 0.6) is 0 Å². The first-order valence-electron chi connectivity index (χ1n) is 4.44. The van der Waals surface area contributed by atoms with Gasteiger partial charge in [0.05, 0.1) is 0 Å². The molecule has 0 saturated carbocycles. The summed E-state index contributed by atoms with van der Waals surface area (Å²) in [6.45, 7) is 0. The van der Waals surface area contributed by atoms with Crippen LogP contribution in [-0.4, -0.2) is 24.2 Å². The highest BCUT2D eigenvalue weighted by atomic mass is 79.9. The van der Waals surface area contributed by atoms with Gasteiger partial charge in [0, 0.05) is 24.1 Å². The molecule has 0 atom stereocenters. The summed E-state index contributed by atoms with van der Waals surface area (Å²) in [4.78, 5) is 6.02. The van der Waals surface area contributed by atoms with Crippen molar-refractivity contribution in [2.24, 2.45) is 0 Å². The predicted octanol–water partition coefficient (Wildman–Crippen LogP) is 2.57. The van der Waals surface area contributed by atoms with E-state index in [1.807, 2.05) is 38.4 Å². The number of rotatable bonds is 2. The standard InChI is InChI=1S/C10H10BrN3O/c1-14(2)10-12-9(13-15-10)7-4-3-5-8(11)6-7/h3-6H,1-2H3. The van der Waals surface area contributed by atoms with Crippen molar-refractivity contribution in [1.82, 2.24) is 10.1 Å². The molecule has 1 aromatic heterocycles. The minimum Gasteiger partial charge on any atom is -0.331 e. The quantitative estimate of drug-likeness (QED) is 0.839. The van der Waals surface area contributed by atoms with Crippen molar-refractivity contribution in [3.8, 4) is 11.4 Å². The second-order valence-corrected chi connectivity index (χ2v) is 4.22. The van der Waals surface area contributed by atoms with E-state index in [0.29, 0.717) is 11.8 Å². The topological polar surface area (TPSA) is 42.2 Å². The highest BCUT2D eigenvalue weighted by Gasteiger charge is 2.09. The fraction of sp³-hybridized carbons (Fsp3) is 0.200. The number of halogens is 1. The predicted molar refractivity (Wildman–Crippen MR) is 61.8 cm³/mol. The lowest BCUT2D eigenvalue weighted by atomic mass is 10.2. The highest BCUT2D eigenvalue weighted by molar-refractivity contribution is 9.10. The van der Waals surface area contributed by atoms with Crippen LogP contribution in [-0.2, 0) is 0 Å². The number of aromatic nitrogens is 2. The second kappa shape index (κ2) is 4.02. The summed E-state index contributed by atoms with van der Waals surface area (Å²) in [5.41, 5.74) is 0.932. The molecule has 15 heavy (non-hydrogen) atoms. The van der Waals surface area contributed by atoms with Crippen LogP contribution in [0, 0.1) is 0 Å². The molecule has 0 aliphatic heterocycles. The normalized spacial score (nSPS) is 10.3. The molecule has 0 saturated heterocycles. The summed E-state index contributed by atoms with van der Waals surface area (Å²) < 4.78 is 6.07. The molecular weight excluding hydrogens is 258 g/mol. The van der Waals surface area contributed by atoms with Gasteiger partial charge in [-0.15, -0.1) is 0 Å². The summed E-state index contributed by atoms with van der Waals surface area (Å²) >= 11 is 3.40. The average Bonchev–Trinajstić information content (AvgIpc) is 2.66. The number of anilines is 1. The van der Waals surface area contributed by atoms with Gasteiger partial charge >= 0.3 is 6.01 Å². The van der Waals surface area contributed by atoms with Gasteiger partial charge in [0.25, 0.3) is 0 Å². The molecule has 0 aliphatic rings. The Morgan fingerprint density at radius 3 is 2.73 bits per heavy atom. The van der Waals surface area contributed by atoms with Gasteiger partial charge in [0.1, 0.15) is 0 Å². The first-order chi connectivity index (χ1) is 7.16. The molecule has 0 amide bonds. The number of hydrogen-bond donors (Lipinski definition) is 0. The molecule has 0 spiro atoms. The van der Waals surface area contributed by atoms with Crippen LogP contribution in [0.4, 0.5) is 6.01 Å². The molecule has 0 bridgehead atoms. The van der Waals surface area contributed by atoms with Gasteiger partial charge in [0.2, 0.25) is 5.82 Å². The van der Waals surface area contributed by atoms with Crippen LogP contribution < -0.4 is 4.90 Å². The van der Waals surface area contributed by atoms with E-state index in [1.54, 1.807) is 4.90 Å². The van der Waals surface area contributed by atoms with Crippen molar-refractivity contribution in [2.75, 3.05) is 19.0 Å². The highest BCUT2D eigenvalue weighted by Crippen LogP contribution is 2.21. The van der Waals surface area contributed by atoms with Crippen molar-refractivity contribution in [3.05, 3.63) is 28.7 Å². The van der Waals surface area contributed by atoms with E-state index in [-0.39, 0.29) is 0 Å². The Bertz CT molecular complexity index is 467. The Kier molecular flexibility index (Phi) is 2.73. The molecule has 0 radical (unpaired) electrons. The van der Waals surface area contributed by atoms with E-state index in [1.165, 1.54) is 0 Å². The maximum absolute atomic E-state index is 5.07. The summed E-state index contributed by atoms with van der Waals surface area (Å²) in [5.74, 6) is 0.597. The summed E-state index contributed by atoms with van der Waals surface area (Å²) in [7, 11) is 3.72. The molecule has 0 fully saturated rings. The van der Waals surface area contributed by atoms with E-state index >= 15 is 0 Å². The third-order valence-electron chi connectivity index (χ3n) is 1.88. The maximum Gasteiger partial charge on any atom is 0.323 e. The van der Waals surface area contributed by atoms with E-state index in [9.17, 15) is 0 Å². The lowest BCUT2D eigenvalue weighted by Gasteiger charge is -2.01. The second-order valence-electron chi connectivity index (χ2n) is 3.31. The maximum atomic E-state index is 5.07. The molecule has 0 unspecified atom stereocenters. The SMILES string of the molecule is CN(C)c1nc(-c2cccc(Br)c2)no1. The monoisotopic (exact) mass is 267 g/mol. The zero-order chi connectivity index (χ0) is 10.8. The Morgan fingerprint density at radius 1 is 1.33 bits per heavy atom. The van der Waals surface area contributed by atoms with Crippen LogP contribution in [0.1, 0.15) is 0 Å². The van der Waals surface area contributed by atoms with Crippen molar-refractivity contribution in [3.63, 3.8) is 0 Å². The van der Waals surface area contributed by atoms with Crippen LogP contribution in [0.3, 0.4) is 0 Å². The molecule has 4 nitrogen and oxygen atoms in total. The first-order valence-corrected chi connectivity index (χ1v) is 5.23. The number of nitrogens with zero attached hydrogens (tertiary/aromatic N) is 3. The van der Waals surface area contributed by atoms with Crippen LogP contribution in [0.2, 0.25) is 0 Å². The van der Waals surface area contributed by atoms with Gasteiger partial charge in [0.15, 0.2) is 0 Å². The lowest BCUT2D eigenvalue weighted by Crippen LogP contribution is -2.08. The van der Waals surface area contributed by atoms with E-state index in [2.05, 4.69) is 26.1 Å². The first kappa shape index (κ1) is 10.2. The zero-order valence-corrected chi connectivity index (χ0v) is 10.0. The zero-order valence-electron chi connectivity index (χ0n) is 8.44. The summed E-state index contributed by atoms with van der Waals surface area (Å²) in [5, 5.41) is 3.90. The Balaban J connectivity index is 2.37. The molecule has 2 aromatic rings. The largest absolute Gasteiger partial charge is 0.331 e. The fourth-order valence-corrected chi connectivity index (χ4v) is 1.54. The molecule has 0 aliphatic carbocycles. The number of benzene rings is 1. The van der Waals surface area contributed by atoms with Crippen molar-refractivity contribution >= 4 is 21.9 Å². The molecule has 78 valence electrons. The van der Waals surface area contributed by atoms with Gasteiger partial charge in [-0.1, -0.05) is 33.2 Å². The summed E-state index contributed by atoms with van der Waals surface area (Å²) in [6.07, 6.45) is 0. The Hall–Kier alpha value is -1.36. The van der Waals surface area contributed by atoms with Crippen LogP contribution >= 0.6 is 15.9 Å². The molecule has 1 heterocycles. The number of hydrogen-bond acceptors (Lipinski definition) is 4. The van der Waals surface area contributed by atoms with Gasteiger partial charge in [-0.3, -0.25) is 0 Å². The Morgan fingerprint density at radius 2 is 2.13 bits per heavy atom. The molecule has 2 rings (SSSR count). The van der Waals surface area contributed by atoms with Crippen LogP contribution in [0.15, 0.2) is 33.3 Å². The smallest absolute Gasteiger partial charge is 0.323 e. The van der Waals surface area contributed by atoms with Gasteiger partial charge in [-0.05, 0) is 12.1 Å².